The summed E-state index contributed by atoms with van der Waals surface area (Å²) in [6.45, 7) is 8.15. The number of thioether (sulfide) groups is 1. The monoisotopic (exact) mass is 466 g/mol. The Morgan fingerprint density at radius 1 is 1.06 bits per heavy atom. The number of fused-ring (bicyclic) bond motifs is 1. The number of aliphatic hydroxyl groups is 1. The number of aromatic amines is 2. The first-order chi connectivity index (χ1) is 15.7. The molecule has 0 bridgehead atoms. The van der Waals surface area contributed by atoms with Gasteiger partial charge in [-0.3, -0.25) is 0 Å². The van der Waals surface area contributed by atoms with Crippen LogP contribution in [0, 0.1) is 5.92 Å². The first kappa shape index (κ1) is 23.2. The van der Waals surface area contributed by atoms with Crippen molar-refractivity contribution < 1.29 is 14.6 Å². The summed E-state index contributed by atoms with van der Waals surface area (Å²) >= 11 is 1.21. The zero-order valence-corrected chi connectivity index (χ0v) is 20.2. The predicted molar refractivity (Wildman–Crippen MR) is 132 cm³/mol. The number of aryl methyl sites for hydroxylation is 1. The summed E-state index contributed by atoms with van der Waals surface area (Å²) in [6, 6.07) is 13.9. The summed E-state index contributed by atoms with van der Waals surface area (Å²) < 4.78 is 6.06. The molecule has 1 unspecified atom stereocenters. The lowest BCUT2D eigenvalue weighted by molar-refractivity contribution is -0.164. The normalized spacial score (nSPS) is 19.0. The van der Waals surface area contributed by atoms with Crippen molar-refractivity contribution in [1.82, 2.24) is 9.97 Å². The molecule has 1 aliphatic rings. The number of H-pyrrole nitrogens is 2. The second-order valence-corrected chi connectivity index (χ2v) is 10.4. The van der Waals surface area contributed by atoms with Gasteiger partial charge in [0.2, 0.25) is 0 Å². The smallest absolute Gasteiger partial charge is 0.349 e. The summed E-state index contributed by atoms with van der Waals surface area (Å²) in [4.78, 5) is 31.5. The van der Waals surface area contributed by atoms with Gasteiger partial charge < -0.3 is 19.8 Å². The van der Waals surface area contributed by atoms with E-state index in [9.17, 15) is 14.7 Å². The van der Waals surface area contributed by atoms with Crippen LogP contribution in [0.1, 0.15) is 57.6 Å². The highest BCUT2D eigenvalue weighted by molar-refractivity contribution is 8.04. The SMILES string of the molecule is CC(C)c1cc2[nH]c(=O)[nH]c2cc1SC1=C(O)CC(CCc2ccccc2)(C(C)C)OC1=O. The molecule has 2 heterocycles. The Hall–Kier alpha value is -2.93. The molecule has 7 heteroatoms. The van der Waals surface area contributed by atoms with Gasteiger partial charge in [0.05, 0.1) is 11.0 Å². The number of ether oxygens (including phenoxy) is 1. The van der Waals surface area contributed by atoms with Crippen LogP contribution in [0.15, 0.2) is 62.8 Å². The van der Waals surface area contributed by atoms with E-state index in [2.05, 4.69) is 35.9 Å². The van der Waals surface area contributed by atoms with E-state index in [4.69, 9.17) is 4.74 Å². The molecule has 1 aromatic heterocycles. The maximum absolute atomic E-state index is 13.2. The maximum Gasteiger partial charge on any atom is 0.349 e. The van der Waals surface area contributed by atoms with Gasteiger partial charge in [-0.25, -0.2) is 9.59 Å². The second-order valence-electron chi connectivity index (χ2n) is 9.32. The van der Waals surface area contributed by atoms with Gasteiger partial charge in [-0.1, -0.05) is 69.8 Å². The Balaban J connectivity index is 1.64. The van der Waals surface area contributed by atoms with Gasteiger partial charge in [-0.2, -0.15) is 0 Å². The third-order valence-electron chi connectivity index (χ3n) is 6.42. The van der Waals surface area contributed by atoms with Crippen LogP contribution in [0.5, 0.6) is 0 Å². The fourth-order valence-electron chi connectivity index (χ4n) is 4.33. The topological polar surface area (TPSA) is 95.2 Å². The number of esters is 1. The van der Waals surface area contributed by atoms with Crippen LogP contribution in [0.25, 0.3) is 11.0 Å². The van der Waals surface area contributed by atoms with Crippen LogP contribution < -0.4 is 5.69 Å². The van der Waals surface area contributed by atoms with E-state index in [1.165, 1.54) is 17.3 Å². The van der Waals surface area contributed by atoms with E-state index in [0.717, 1.165) is 22.4 Å². The van der Waals surface area contributed by atoms with Crippen molar-refractivity contribution in [2.75, 3.05) is 0 Å². The number of carbonyl (C=O) groups excluding carboxylic acids is 1. The van der Waals surface area contributed by atoms with Gasteiger partial charge in [-0.05, 0) is 47.9 Å². The number of hydrogen-bond donors (Lipinski definition) is 3. The molecular formula is C26H30N2O4S. The van der Waals surface area contributed by atoms with Gasteiger partial charge in [0.15, 0.2) is 0 Å². The maximum atomic E-state index is 13.2. The lowest BCUT2D eigenvalue weighted by Crippen LogP contribution is -2.44. The number of aliphatic hydroxyl groups excluding tert-OH is 1. The third kappa shape index (κ3) is 4.74. The molecule has 0 saturated heterocycles. The predicted octanol–water partition coefficient (Wildman–Crippen LogP) is 5.82. The molecule has 6 nitrogen and oxygen atoms in total. The molecule has 0 radical (unpaired) electrons. The molecule has 0 aliphatic carbocycles. The molecule has 1 atom stereocenters. The van der Waals surface area contributed by atoms with Crippen molar-refractivity contribution in [2.45, 2.75) is 63.4 Å². The van der Waals surface area contributed by atoms with Gasteiger partial charge in [0, 0.05) is 11.3 Å². The standard InChI is InChI=1S/C26H30N2O4S/c1-15(2)18-12-19-20(28-25(31)27-19)13-22(18)33-23-21(29)14-26(16(3)4,32-24(23)30)11-10-17-8-6-5-7-9-17/h5-9,12-13,15-16,29H,10-11,14H2,1-4H3,(H2,27,28,31). The van der Waals surface area contributed by atoms with E-state index in [1.54, 1.807) is 0 Å². The minimum Gasteiger partial charge on any atom is -0.511 e. The van der Waals surface area contributed by atoms with E-state index >= 15 is 0 Å². The Bertz CT molecular complexity index is 1260. The minimum absolute atomic E-state index is 0.0476. The molecule has 3 N–H and O–H groups in total. The van der Waals surface area contributed by atoms with Crippen molar-refractivity contribution in [1.29, 1.82) is 0 Å². The molecule has 0 spiro atoms. The Labute approximate surface area is 197 Å². The van der Waals surface area contributed by atoms with Gasteiger partial charge in [0.25, 0.3) is 0 Å². The number of nitrogens with one attached hydrogen (secondary N) is 2. The lowest BCUT2D eigenvalue weighted by atomic mass is 9.80. The van der Waals surface area contributed by atoms with Crippen molar-refractivity contribution in [3.63, 3.8) is 0 Å². The zero-order chi connectivity index (χ0) is 23.8. The molecule has 33 heavy (non-hydrogen) atoms. The number of aromatic nitrogens is 2. The first-order valence-corrected chi connectivity index (χ1v) is 12.1. The summed E-state index contributed by atoms with van der Waals surface area (Å²) in [6.07, 6.45) is 1.68. The number of benzene rings is 2. The quantitative estimate of drug-likeness (QED) is 0.382. The molecule has 174 valence electrons. The Morgan fingerprint density at radius 2 is 1.73 bits per heavy atom. The van der Waals surface area contributed by atoms with Gasteiger partial charge in [-0.15, -0.1) is 0 Å². The Morgan fingerprint density at radius 3 is 2.33 bits per heavy atom. The number of cyclic esters (lactones) is 1. The van der Waals surface area contributed by atoms with E-state index < -0.39 is 11.6 Å². The summed E-state index contributed by atoms with van der Waals surface area (Å²) in [7, 11) is 0. The van der Waals surface area contributed by atoms with Crippen molar-refractivity contribution >= 4 is 28.8 Å². The summed E-state index contributed by atoms with van der Waals surface area (Å²) in [5, 5.41) is 11.0. The van der Waals surface area contributed by atoms with Crippen LogP contribution in [-0.2, 0) is 16.0 Å². The highest BCUT2D eigenvalue weighted by atomic mass is 32.2. The number of imidazole rings is 1. The number of carbonyl (C=O) groups is 1. The van der Waals surface area contributed by atoms with E-state index in [0.29, 0.717) is 11.9 Å². The van der Waals surface area contributed by atoms with Crippen LogP contribution >= 0.6 is 11.8 Å². The fourth-order valence-corrected chi connectivity index (χ4v) is 5.45. The number of rotatable bonds is 7. The number of hydrogen-bond acceptors (Lipinski definition) is 5. The van der Waals surface area contributed by atoms with Crippen LogP contribution in [0.3, 0.4) is 0 Å². The van der Waals surface area contributed by atoms with Crippen LogP contribution in [0.4, 0.5) is 0 Å². The summed E-state index contributed by atoms with van der Waals surface area (Å²) in [5.41, 5.74) is 2.51. The molecule has 0 amide bonds. The van der Waals surface area contributed by atoms with Crippen molar-refractivity contribution in [2.24, 2.45) is 5.92 Å². The molecule has 3 aromatic rings. The fraction of sp³-hybridized carbons (Fsp3) is 0.385. The average molecular weight is 467 g/mol. The molecule has 1 aliphatic heterocycles. The molecular weight excluding hydrogens is 436 g/mol. The molecule has 0 saturated carbocycles. The minimum atomic E-state index is -0.752. The third-order valence-corrected chi connectivity index (χ3v) is 7.60. The van der Waals surface area contributed by atoms with Crippen LogP contribution in [0.2, 0.25) is 0 Å². The highest BCUT2D eigenvalue weighted by Gasteiger charge is 2.44. The van der Waals surface area contributed by atoms with E-state index in [1.807, 2.05) is 44.2 Å². The Kier molecular flexibility index (Phi) is 6.43. The molecule has 2 aromatic carbocycles. The van der Waals surface area contributed by atoms with Gasteiger partial charge in [0.1, 0.15) is 16.3 Å². The van der Waals surface area contributed by atoms with Crippen molar-refractivity contribution in [3.8, 4) is 0 Å². The van der Waals surface area contributed by atoms with E-state index in [-0.39, 0.29) is 34.6 Å². The second kappa shape index (κ2) is 9.14. The average Bonchev–Trinajstić information content (AvgIpc) is 3.13. The molecule has 4 rings (SSSR count). The summed E-state index contributed by atoms with van der Waals surface area (Å²) in [5.74, 6) is -0.220. The van der Waals surface area contributed by atoms with Gasteiger partial charge >= 0.3 is 11.7 Å². The first-order valence-electron chi connectivity index (χ1n) is 11.3. The van der Waals surface area contributed by atoms with Crippen LogP contribution in [-0.4, -0.2) is 26.6 Å². The highest BCUT2D eigenvalue weighted by Crippen LogP contribution is 2.44. The zero-order valence-electron chi connectivity index (χ0n) is 19.4. The lowest BCUT2D eigenvalue weighted by Gasteiger charge is -2.40. The van der Waals surface area contributed by atoms with Crippen molar-refractivity contribution in [3.05, 3.63) is 74.7 Å². The largest absolute Gasteiger partial charge is 0.511 e. The molecule has 0 fully saturated rings.